The van der Waals surface area contributed by atoms with Gasteiger partial charge in [-0.15, -0.1) is 0 Å². The van der Waals surface area contributed by atoms with Gasteiger partial charge in [0.2, 0.25) is 11.1 Å². The quantitative estimate of drug-likeness (QED) is 0.851. The molecule has 8 heteroatoms. The lowest BCUT2D eigenvalue weighted by atomic mass is 9.87. The van der Waals surface area contributed by atoms with Crippen LogP contribution in [0.5, 0.6) is 0 Å². The molecule has 1 amide bonds. The van der Waals surface area contributed by atoms with E-state index < -0.39 is 24.6 Å². The van der Waals surface area contributed by atoms with Gasteiger partial charge in [-0.3, -0.25) is 9.36 Å². The van der Waals surface area contributed by atoms with Crippen molar-refractivity contribution in [3.8, 4) is 12.1 Å². The summed E-state index contributed by atoms with van der Waals surface area (Å²) in [7, 11) is -1.86. The maximum Gasteiger partial charge on any atom is 0.352 e. The van der Waals surface area contributed by atoms with Crippen molar-refractivity contribution in [1.29, 1.82) is 10.5 Å². The highest BCUT2D eigenvalue weighted by molar-refractivity contribution is 7.56. The molecule has 1 unspecified atom stereocenters. The lowest BCUT2D eigenvalue weighted by Gasteiger charge is -2.33. The van der Waals surface area contributed by atoms with Crippen LogP contribution in [0.2, 0.25) is 0 Å². The summed E-state index contributed by atoms with van der Waals surface area (Å²) in [6.07, 6.45) is 0. The fourth-order valence-electron chi connectivity index (χ4n) is 2.56. The molecule has 0 fully saturated rings. The molecule has 0 spiro atoms. The minimum Gasteiger partial charge on any atom is -0.324 e. The summed E-state index contributed by atoms with van der Waals surface area (Å²) in [6, 6.07) is 9.87. The van der Waals surface area contributed by atoms with E-state index >= 15 is 0 Å². The van der Waals surface area contributed by atoms with Crippen molar-refractivity contribution >= 4 is 19.2 Å². The molecule has 2 rings (SSSR count). The number of rotatable bonds is 4. The summed E-state index contributed by atoms with van der Waals surface area (Å²) >= 11 is 0. The first-order chi connectivity index (χ1) is 10.0. The van der Waals surface area contributed by atoms with E-state index in [9.17, 15) is 19.9 Å². The second kappa shape index (κ2) is 5.31. The number of amides is 1. The molecule has 21 heavy (non-hydrogen) atoms. The standard InChI is InChI=1S/C13H12N3O4P/c1-19-21(18,20-2)13(9(7-14)8-15)10-5-3-4-6-11(10)16-12(13)17/h3-6,9H,1-2H3,(H,16,17). The Morgan fingerprint density at radius 2 is 1.81 bits per heavy atom. The Balaban J connectivity index is 2.88. The smallest absolute Gasteiger partial charge is 0.324 e. The highest BCUT2D eigenvalue weighted by atomic mass is 31.2. The monoisotopic (exact) mass is 305 g/mol. The molecule has 1 aromatic carbocycles. The number of carbonyl (C=O) groups is 1. The van der Waals surface area contributed by atoms with E-state index in [-0.39, 0.29) is 5.56 Å². The van der Waals surface area contributed by atoms with Gasteiger partial charge in [0.15, 0.2) is 5.92 Å². The zero-order valence-corrected chi connectivity index (χ0v) is 12.3. The maximum absolute atomic E-state index is 13.0. The summed E-state index contributed by atoms with van der Waals surface area (Å²) in [5.74, 6) is -2.27. The molecule has 0 radical (unpaired) electrons. The number of nitrogens with zero attached hydrogens (tertiary/aromatic N) is 2. The van der Waals surface area contributed by atoms with Crippen molar-refractivity contribution in [2.75, 3.05) is 19.5 Å². The molecule has 1 heterocycles. The lowest BCUT2D eigenvalue weighted by Crippen LogP contribution is -2.41. The Kier molecular flexibility index (Phi) is 3.85. The van der Waals surface area contributed by atoms with Crippen LogP contribution in [0, 0.1) is 28.6 Å². The van der Waals surface area contributed by atoms with Crippen molar-refractivity contribution in [1.82, 2.24) is 0 Å². The first kappa shape index (κ1) is 15.2. The van der Waals surface area contributed by atoms with Crippen LogP contribution in [-0.4, -0.2) is 20.1 Å². The minimum atomic E-state index is -4.09. The average Bonchev–Trinajstić information content (AvgIpc) is 2.82. The number of nitriles is 2. The maximum atomic E-state index is 13.0. The molecule has 0 aromatic heterocycles. The van der Waals surface area contributed by atoms with Gasteiger partial charge in [0.1, 0.15) is 0 Å². The van der Waals surface area contributed by atoms with Crippen LogP contribution in [0.4, 0.5) is 5.69 Å². The third-order valence-electron chi connectivity index (χ3n) is 3.52. The first-order valence-electron chi connectivity index (χ1n) is 5.93. The topological polar surface area (TPSA) is 112 Å². The zero-order valence-electron chi connectivity index (χ0n) is 11.4. The number of hydrogen-bond acceptors (Lipinski definition) is 6. The number of hydrogen-bond donors (Lipinski definition) is 1. The van der Waals surface area contributed by atoms with Crippen molar-refractivity contribution in [2.45, 2.75) is 5.16 Å². The van der Waals surface area contributed by atoms with Gasteiger partial charge in [-0.25, -0.2) is 0 Å². The predicted octanol–water partition coefficient (Wildman–Crippen LogP) is 1.98. The van der Waals surface area contributed by atoms with Crippen LogP contribution in [0.3, 0.4) is 0 Å². The van der Waals surface area contributed by atoms with Crippen molar-refractivity contribution < 1.29 is 18.4 Å². The van der Waals surface area contributed by atoms with E-state index in [1.54, 1.807) is 30.3 Å². The number of fused-ring (bicyclic) bond motifs is 1. The van der Waals surface area contributed by atoms with Crippen LogP contribution in [-0.2, 0) is 23.6 Å². The molecule has 1 aliphatic rings. The van der Waals surface area contributed by atoms with Crippen molar-refractivity contribution in [2.24, 2.45) is 5.92 Å². The Bertz CT molecular complexity index is 699. The van der Waals surface area contributed by atoms with Gasteiger partial charge in [-0.05, 0) is 6.07 Å². The zero-order chi connectivity index (χ0) is 15.7. The molecule has 1 N–H and O–H groups in total. The summed E-state index contributed by atoms with van der Waals surface area (Å²) in [6.45, 7) is 0. The third kappa shape index (κ3) is 1.80. The Labute approximate surface area is 121 Å². The van der Waals surface area contributed by atoms with E-state index in [1.807, 2.05) is 0 Å². The first-order valence-corrected chi connectivity index (χ1v) is 7.48. The van der Waals surface area contributed by atoms with E-state index in [2.05, 4.69) is 5.32 Å². The molecule has 7 nitrogen and oxygen atoms in total. The van der Waals surface area contributed by atoms with E-state index in [0.29, 0.717) is 5.69 Å². The Hall–Kier alpha value is -2.18. The van der Waals surface area contributed by atoms with Gasteiger partial charge >= 0.3 is 7.60 Å². The minimum absolute atomic E-state index is 0.259. The summed E-state index contributed by atoms with van der Waals surface area (Å²) in [5.41, 5.74) is 0.641. The second-order valence-corrected chi connectivity index (χ2v) is 6.75. The summed E-state index contributed by atoms with van der Waals surface area (Å²) < 4.78 is 22.9. The fraction of sp³-hybridized carbons (Fsp3) is 0.308. The highest BCUT2D eigenvalue weighted by Crippen LogP contribution is 2.70. The summed E-state index contributed by atoms with van der Waals surface area (Å²) in [4.78, 5) is 12.5. The highest BCUT2D eigenvalue weighted by Gasteiger charge is 2.66. The second-order valence-electron chi connectivity index (χ2n) is 4.32. The molecular weight excluding hydrogens is 293 g/mol. The average molecular weight is 305 g/mol. The Morgan fingerprint density at radius 3 is 2.33 bits per heavy atom. The number of para-hydroxylation sites is 1. The lowest BCUT2D eigenvalue weighted by molar-refractivity contribution is -0.119. The molecule has 0 aliphatic carbocycles. The van der Waals surface area contributed by atoms with Crippen LogP contribution in [0.15, 0.2) is 24.3 Å². The van der Waals surface area contributed by atoms with Crippen LogP contribution >= 0.6 is 7.60 Å². The number of carbonyl (C=O) groups excluding carboxylic acids is 1. The van der Waals surface area contributed by atoms with E-state index in [0.717, 1.165) is 14.2 Å². The molecule has 108 valence electrons. The summed E-state index contributed by atoms with van der Waals surface area (Å²) in [5, 5.41) is 19.1. The van der Waals surface area contributed by atoms with E-state index in [4.69, 9.17) is 9.05 Å². The Morgan fingerprint density at radius 1 is 1.24 bits per heavy atom. The molecule has 0 bridgehead atoms. The van der Waals surface area contributed by atoms with E-state index in [1.165, 1.54) is 6.07 Å². The fourth-order valence-corrected chi connectivity index (χ4v) is 4.51. The third-order valence-corrected chi connectivity index (χ3v) is 6.05. The number of benzene rings is 1. The van der Waals surface area contributed by atoms with Gasteiger partial charge < -0.3 is 14.4 Å². The van der Waals surface area contributed by atoms with Crippen LogP contribution in [0.1, 0.15) is 5.56 Å². The van der Waals surface area contributed by atoms with Gasteiger partial charge in [0.05, 0.1) is 12.1 Å². The molecule has 1 atom stereocenters. The molecule has 1 aliphatic heterocycles. The molecule has 0 saturated carbocycles. The SMILES string of the molecule is COP(=O)(OC)C1(C(C#N)C#N)C(=O)Nc2ccccc21. The normalized spacial score (nSPS) is 20.5. The van der Waals surface area contributed by atoms with Gasteiger partial charge in [0.25, 0.3) is 0 Å². The van der Waals surface area contributed by atoms with Crippen LogP contribution in [0.25, 0.3) is 0 Å². The number of anilines is 1. The van der Waals surface area contributed by atoms with Gasteiger partial charge in [0, 0.05) is 25.5 Å². The largest absolute Gasteiger partial charge is 0.352 e. The van der Waals surface area contributed by atoms with Crippen LogP contribution < -0.4 is 5.32 Å². The predicted molar refractivity (Wildman–Crippen MR) is 73.1 cm³/mol. The molecule has 1 aromatic rings. The van der Waals surface area contributed by atoms with Crippen molar-refractivity contribution in [3.05, 3.63) is 29.8 Å². The van der Waals surface area contributed by atoms with Crippen molar-refractivity contribution in [3.63, 3.8) is 0 Å². The van der Waals surface area contributed by atoms with Gasteiger partial charge in [-0.1, -0.05) is 18.2 Å². The van der Waals surface area contributed by atoms with Gasteiger partial charge in [-0.2, -0.15) is 10.5 Å². The molecule has 0 saturated heterocycles. The number of nitrogens with one attached hydrogen (secondary N) is 1. The molecular formula is C13H12N3O4P.